The van der Waals surface area contributed by atoms with E-state index in [-0.39, 0.29) is 36.9 Å². The second-order valence-electron chi connectivity index (χ2n) is 6.75. The SMILES string of the molecule is CCN(CC)c1ccc(C(=O)NNC(=O)C[NH+](C)CC(=O)NC(C)C)cc1. The third-order valence-electron chi connectivity index (χ3n) is 3.95. The first-order chi connectivity index (χ1) is 12.8. The van der Waals surface area contributed by atoms with E-state index in [2.05, 4.69) is 34.9 Å². The zero-order valence-corrected chi connectivity index (χ0v) is 16.9. The fourth-order valence-electron chi connectivity index (χ4n) is 2.64. The molecule has 4 N–H and O–H groups in total. The Hall–Kier alpha value is -2.61. The molecular formula is C19H32N5O3+. The Morgan fingerprint density at radius 2 is 1.52 bits per heavy atom. The summed E-state index contributed by atoms with van der Waals surface area (Å²) in [6, 6.07) is 7.28. The van der Waals surface area contributed by atoms with Crippen molar-refractivity contribution in [3.05, 3.63) is 29.8 Å². The predicted octanol–water partition coefficient (Wildman–Crippen LogP) is -0.667. The number of hydrogen-bond donors (Lipinski definition) is 4. The van der Waals surface area contributed by atoms with Crippen molar-refractivity contribution in [2.24, 2.45) is 0 Å². The van der Waals surface area contributed by atoms with Gasteiger partial charge in [0, 0.05) is 30.4 Å². The van der Waals surface area contributed by atoms with Gasteiger partial charge in [0.05, 0.1) is 7.05 Å². The van der Waals surface area contributed by atoms with Crippen LogP contribution in [0.3, 0.4) is 0 Å². The molecule has 0 saturated carbocycles. The van der Waals surface area contributed by atoms with Crippen molar-refractivity contribution in [1.29, 1.82) is 0 Å². The lowest BCUT2D eigenvalue weighted by Crippen LogP contribution is -3.11. The topological polar surface area (TPSA) is 95.0 Å². The number of nitrogens with zero attached hydrogens (tertiary/aromatic N) is 1. The third kappa shape index (κ3) is 8.08. The number of carbonyl (C=O) groups is 3. The van der Waals surface area contributed by atoms with Crippen LogP contribution in [0.25, 0.3) is 0 Å². The van der Waals surface area contributed by atoms with Gasteiger partial charge in [0.1, 0.15) is 0 Å². The third-order valence-corrected chi connectivity index (χ3v) is 3.95. The first-order valence-electron chi connectivity index (χ1n) is 9.31. The first-order valence-corrected chi connectivity index (χ1v) is 9.31. The van der Waals surface area contributed by atoms with Crippen molar-refractivity contribution in [2.45, 2.75) is 33.7 Å². The molecular weight excluding hydrogens is 346 g/mol. The van der Waals surface area contributed by atoms with Crippen molar-refractivity contribution in [2.75, 3.05) is 38.1 Å². The number of carbonyl (C=O) groups excluding carboxylic acids is 3. The van der Waals surface area contributed by atoms with Crippen LogP contribution in [0.1, 0.15) is 38.1 Å². The van der Waals surface area contributed by atoms with E-state index in [0.717, 1.165) is 23.7 Å². The van der Waals surface area contributed by atoms with Crippen molar-refractivity contribution in [3.8, 4) is 0 Å². The Bertz CT molecular complexity index is 627. The average Bonchev–Trinajstić information content (AvgIpc) is 2.60. The van der Waals surface area contributed by atoms with E-state index >= 15 is 0 Å². The Balaban J connectivity index is 2.44. The number of rotatable bonds is 9. The minimum atomic E-state index is -0.385. The number of nitrogens with one attached hydrogen (secondary N) is 4. The number of hydrazine groups is 1. The molecule has 0 saturated heterocycles. The molecule has 0 spiro atoms. The minimum Gasteiger partial charge on any atom is -0.372 e. The van der Waals surface area contributed by atoms with Gasteiger partial charge < -0.3 is 15.1 Å². The molecule has 1 atom stereocenters. The number of likely N-dealkylation sites (N-methyl/N-ethyl adjacent to an activating group) is 1. The maximum Gasteiger partial charge on any atom is 0.293 e. The number of benzene rings is 1. The van der Waals surface area contributed by atoms with E-state index in [1.54, 1.807) is 19.2 Å². The van der Waals surface area contributed by atoms with E-state index in [9.17, 15) is 14.4 Å². The molecule has 8 nitrogen and oxygen atoms in total. The summed E-state index contributed by atoms with van der Waals surface area (Å²) in [7, 11) is 1.74. The number of amides is 3. The molecule has 150 valence electrons. The average molecular weight is 378 g/mol. The van der Waals surface area contributed by atoms with Crippen LogP contribution in [0, 0.1) is 0 Å². The molecule has 0 aromatic heterocycles. The Labute approximate surface area is 161 Å². The predicted molar refractivity (Wildman–Crippen MR) is 106 cm³/mol. The maximum absolute atomic E-state index is 12.1. The lowest BCUT2D eigenvalue weighted by molar-refractivity contribution is -0.862. The molecule has 1 unspecified atom stereocenters. The minimum absolute atomic E-state index is 0.0616. The Morgan fingerprint density at radius 3 is 2.04 bits per heavy atom. The molecule has 0 fully saturated rings. The van der Waals surface area contributed by atoms with Crippen molar-refractivity contribution in [3.63, 3.8) is 0 Å². The monoisotopic (exact) mass is 378 g/mol. The quantitative estimate of drug-likeness (QED) is 0.429. The molecule has 0 aliphatic carbocycles. The smallest absolute Gasteiger partial charge is 0.293 e. The summed E-state index contributed by atoms with van der Waals surface area (Å²) in [6.45, 7) is 9.95. The largest absolute Gasteiger partial charge is 0.372 e. The van der Waals surface area contributed by atoms with Crippen LogP contribution in [-0.2, 0) is 9.59 Å². The summed E-state index contributed by atoms with van der Waals surface area (Å²) in [4.78, 5) is 38.7. The summed E-state index contributed by atoms with van der Waals surface area (Å²) in [5.74, 6) is -0.866. The molecule has 0 aliphatic rings. The maximum atomic E-state index is 12.1. The van der Waals surface area contributed by atoms with Gasteiger partial charge in [0.2, 0.25) is 0 Å². The second kappa shape index (κ2) is 11.2. The highest BCUT2D eigenvalue weighted by atomic mass is 16.2. The highest BCUT2D eigenvalue weighted by Crippen LogP contribution is 2.14. The van der Waals surface area contributed by atoms with Crippen LogP contribution < -0.4 is 26.0 Å². The molecule has 1 aromatic rings. The van der Waals surface area contributed by atoms with Crippen LogP contribution in [0.5, 0.6) is 0 Å². The van der Waals surface area contributed by atoms with Crippen LogP contribution in [0.15, 0.2) is 24.3 Å². The Morgan fingerprint density at radius 1 is 0.963 bits per heavy atom. The van der Waals surface area contributed by atoms with Crippen molar-refractivity contribution < 1.29 is 19.3 Å². The number of hydrogen-bond acceptors (Lipinski definition) is 4. The molecule has 0 heterocycles. The first kappa shape index (κ1) is 22.4. The number of anilines is 1. The van der Waals surface area contributed by atoms with Gasteiger partial charge in [-0.15, -0.1) is 0 Å². The molecule has 1 rings (SSSR count). The highest BCUT2D eigenvalue weighted by molar-refractivity contribution is 5.95. The molecule has 27 heavy (non-hydrogen) atoms. The summed E-state index contributed by atoms with van der Waals surface area (Å²) >= 11 is 0. The lowest BCUT2D eigenvalue weighted by atomic mass is 10.2. The zero-order valence-electron chi connectivity index (χ0n) is 16.9. The van der Waals surface area contributed by atoms with Gasteiger partial charge in [-0.1, -0.05) is 0 Å². The van der Waals surface area contributed by atoms with Gasteiger partial charge in [-0.3, -0.25) is 25.2 Å². The Kier molecular flexibility index (Phi) is 9.29. The van der Waals surface area contributed by atoms with Crippen LogP contribution in [0.4, 0.5) is 5.69 Å². The van der Waals surface area contributed by atoms with E-state index in [4.69, 9.17) is 0 Å². The summed E-state index contributed by atoms with van der Waals surface area (Å²) in [6.07, 6.45) is 0. The molecule has 3 amide bonds. The fourth-order valence-corrected chi connectivity index (χ4v) is 2.64. The van der Waals surface area contributed by atoms with Gasteiger partial charge >= 0.3 is 0 Å². The van der Waals surface area contributed by atoms with E-state index in [0.29, 0.717) is 5.56 Å². The van der Waals surface area contributed by atoms with Crippen LogP contribution in [-0.4, -0.2) is 57.0 Å². The fraction of sp³-hybridized carbons (Fsp3) is 0.526. The lowest BCUT2D eigenvalue weighted by Gasteiger charge is -2.21. The molecule has 1 aromatic carbocycles. The van der Waals surface area contributed by atoms with Crippen LogP contribution >= 0.6 is 0 Å². The van der Waals surface area contributed by atoms with Gasteiger partial charge in [0.25, 0.3) is 17.7 Å². The van der Waals surface area contributed by atoms with Gasteiger partial charge in [-0.25, -0.2) is 0 Å². The van der Waals surface area contributed by atoms with E-state index in [1.165, 1.54) is 0 Å². The molecule has 0 aliphatic heterocycles. The van der Waals surface area contributed by atoms with Crippen LogP contribution in [0.2, 0.25) is 0 Å². The highest BCUT2D eigenvalue weighted by Gasteiger charge is 2.15. The second-order valence-corrected chi connectivity index (χ2v) is 6.75. The van der Waals surface area contributed by atoms with Gasteiger partial charge in [-0.05, 0) is 52.0 Å². The summed E-state index contributed by atoms with van der Waals surface area (Å²) in [5, 5.41) is 2.77. The van der Waals surface area contributed by atoms with E-state index in [1.807, 2.05) is 26.0 Å². The van der Waals surface area contributed by atoms with Gasteiger partial charge in [0.15, 0.2) is 13.1 Å². The normalized spacial score (nSPS) is 11.6. The van der Waals surface area contributed by atoms with Gasteiger partial charge in [-0.2, -0.15) is 0 Å². The van der Waals surface area contributed by atoms with Crippen molar-refractivity contribution >= 4 is 23.4 Å². The number of quaternary nitrogens is 1. The van der Waals surface area contributed by atoms with E-state index < -0.39 is 0 Å². The standard InChI is InChI=1S/C19H31N5O3/c1-6-24(7-2)16-10-8-15(9-11-16)19(27)22-21-18(26)13-23(5)12-17(25)20-14(3)4/h8-11,14H,6-7,12-13H2,1-5H3,(H,20,25)(H,21,26)(H,22,27)/p+1. The summed E-state index contributed by atoms with van der Waals surface area (Å²) in [5.41, 5.74) is 6.29. The summed E-state index contributed by atoms with van der Waals surface area (Å²) < 4.78 is 0. The van der Waals surface area contributed by atoms with Crippen molar-refractivity contribution in [1.82, 2.24) is 16.2 Å². The zero-order chi connectivity index (χ0) is 20.4. The molecule has 0 radical (unpaired) electrons. The molecule has 8 heteroatoms. The molecule has 0 bridgehead atoms.